The Labute approximate surface area is 127 Å². The highest BCUT2D eigenvalue weighted by Crippen LogP contribution is 2.32. The van der Waals surface area contributed by atoms with Crippen molar-refractivity contribution in [3.63, 3.8) is 0 Å². The maximum atomic E-state index is 11.9. The van der Waals surface area contributed by atoms with Gasteiger partial charge in [0.2, 0.25) is 5.78 Å². The van der Waals surface area contributed by atoms with Gasteiger partial charge in [-0.3, -0.25) is 4.79 Å². The summed E-state index contributed by atoms with van der Waals surface area (Å²) in [7, 11) is 0. The molecular weight excluding hydrogens is 303 g/mol. The molecule has 0 aliphatic rings. The molecule has 0 saturated heterocycles. The molecule has 0 atom stereocenters. The van der Waals surface area contributed by atoms with Gasteiger partial charge >= 0.3 is 0 Å². The molecule has 0 saturated carbocycles. The molecule has 4 heteroatoms. The molecule has 1 nitrogen and oxygen atoms in total. The molecule has 0 aliphatic heterocycles. The lowest BCUT2D eigenvalue weighted by Gasteiger charge is -2.12. The minimum absolute atomic E-state index is 0.430. The molecule has 98 valence electrons. The van der Waals surface area contributed by atoms with E-state index in [0.29, 0.717) is 5.56 Å². The summed E-state index contributed by atoms with van der Waals surface area (Å²) in [6, 6.07) is 15.4. The lowest BCUT2D eigenvalue weighted by Crippen LogP contribution is -2.19. The summed E-state index contributed by atoms with van der Waals surface area (Å²) in [5.74, 6) is -0.505. The van der Waals surface area contributed by atoms with Gasteiger partial charge in [0.15, 0.2) is 0 Å². The molecule has 0 spiro atoms. The zero-order valence-electron chi connectivity index (χ0n) is 10.2. The van der Waals surface area contributed by atoms with Gasteiger partial charge in [-0.25, -0.2) is 0 Å². The van der Waals surface area contributed by atoms with Crippen LogP contribution in [0.3, 0.4) is 0 Å². The van der Waals surface area contributed by atoms with Crippen LogP contribution in [0, 0.1) is 6.92 Å². The Morgan fingerprint density at radius 1 is 0.947 bits per heavy atom. The van der Waals surface area contributed by atoms with E-state index in [1.807, 2.05) is 49.4 Å². The number of hydrogen-bond acceptors (Lipinski definition) is 1. The SMILES string of the molecule is Cc1cc(-c2ccccc2)ccc1C(=O)C(Cl)(Cl)Cl. The molecule has 2 aromatic rings. The molecule has 0 heterocycles. The molecule has 0 amide bonds. The second kappa shape index (κ2) is 5.54. The maximum Gasteiger partial charge on any atom is 0.253 e. The van der Waals surface area contributed by atoms with Crippen LogP contribution < -0.4 is 0 Å². The topological polar surface area (TPSA) is 17.1 Å². The Morgan fingerprint density at radius 3 is 2.11 bits per heavy atom. The van der Waals surface area contributed by atoms with Crippen molar-refractivity contribution in [1.29, 1.82) is 0 Å². The predicted octanol–water partition coefficient (Wildman–Crippen LogP) is 5.21. The molecule has 0 aromatic heterocycles. The van der Waals surface area contributed by atoms with Crippen LogP contribution in [0.5, 0.6) is 0 Å². The molecule has 0 aliphatic carbocycles. The van der Waals surface area contributed by atoms with Gasteiger partial charge in [0.1, 0.15) is 0 Å². The summed E-state index contributed by atoms with van der Waals surface area (Å²) < 4.78 is -1.92. The summed E-state index contributed by atoms with van der Waals surface area (Å²) in [5.41, 5.74) is 3.33. The quantitative estimate of drug-likeness (QED) is 0.549. The van der Waals surface area contributed by atoms with Gasteiger partial charge in [-0.05, 0) is 23.6 Å². The molecule has 2 rings (SSSR count). The second-order valence-electron chi connectivity index (χ2n) is 4.22. The monoisotopic (exact) mass is 312 g/mol. The van der Waals surface area contributed by atoms with E-state index in [9.17, 15) is 4.79 Å². The third-order valence-electron chi connectivity index (χ3n) is 2.84. The van der Waals surface area contributed by atoms with Gasteiger partial charge in [-0.1, -0.05) is 83.3 Å². The molecule has 0 N–H and O–H groups in total. The Morgan fingerprint density at radius 2 is 1.58 bits per heavy atom. The van der Waals surface area contributed by atoms with Crippen LogP contribution in [-0.4, -0.2) is 9.58 Å². The van der Waals surface area contributed by atoms with Gasteiger partial charge < -0.3 is 0 Å². The van der Waals surface area contributed by atoms with Gasteiger partial charge in [0.05, 0.1) is 0 Å². The average molecular weight is 314 g/mol. The smallest absolute Gasteiger partial charge is 0.253 e. The van der Waals surface area contributed by atoms with Crippen molar-refractivity contribution in [2.24, 2.45) is 0 Å². The van der Waals surface area contributed by atoms with Crippen molar-refractivity contribution in [2.75, 3.05) is 0 Å². The van der Waals surface area contributed by atoms with E-state index in [1.165, 1.54) is 0 Å². The summed E-state index contributed by atoms with van der Waals surface area (Å²) in [6.45, 7) is 1.83. The van der Waals surface area contributed by atoms with Gasteiger partial charge in [-0.15, -0.1) is 0 Å². The fourth-order valence-electron chi connectivity index (χ4n) is 1.88. The van der Waals surface area contributed by atoms with Crippen LogP contribution >= 0.6 is 34.8 Å². The third kappa shape index (κ3) is 3.30. The summed E-state index contributed by atoms with van der Waals surface area (Å²) in [4.78, 5) is 11.9. The first-order valence-electron chi connectivity index (χ1n) is 5.67. The molecule has 0 bridgehead atoms. The van der Waals surface area contributed by atoms with E-state index in [4.69, 9.17) is 34.8 Å². The van der Waals surface area contributed by atoms with Gasteiger partial charge in [-0.2, -0.15) is 0 Å². The molecule has 0 fully saturated rings. The number of carbonyl (C=O) groups is 1. The zero-order valence-corrected chi connectivity index (χ0v) is 12.4. The molecule has 19 heavy (non-hydrogen) atoms. The number of aryl methyl sites for hydroxylation is 1. The lowest BCUT2D eigenvalue weighted by atomic mass is 9.98. The summed E-state index contributed by atoms with van der Waals surface area (Å²) in [6.07, 6.45) is 0. The van der Waals surface area contributed by atoms with Crippen LogP contribution in [0.4, 0.5) is 0 Å². The first-order valence-corrected chi connectivity index (χ1v) is 6.80. The lowest BCUT2D eigenvalue weighted by molar-refractivity contribution is 0.0996. The number of benzene rings is 2. The van der Waals surface area contributed by atoms with Crippen molar-refractivity contribution in [3.05, 3.63) is 59.7 Å². The standard InChI is InChI=1S/C15H11Cl3O/c1-10-9-12(11-5-3-2-4-6-11)7-8-13(10)14(19)15(16,17)18/h2-9H,1H3. The average Bonchev–Trinajstić information content (AvgIpc) is 2.38. The molecular formula is C15H11Cl3O. The van der Waals surface area contributed by atoms with Crippen LogP contribution in [-0.2, 0) is 0 Å². The number of halogens is 3. The van der Waals surface area contributed by atoms with Crippen LogP contribution in [0.2, 0.25) is 0 Å². The Hall–Kier alpha value is -1.02. The predicted molar refractivity (Wildman–Crippen MR) is 81.2 cm³/mol. The number of rotatable bonds is 2. The first kappa shape index (κ1) is 14.4. The van der Waals surface area contributed by atoms with Crippen LogP contribution in [0.25, 0.3) is 11.1 Å². The number of Topliss-reactive ketones (excluding diaryl/α,β-unsaturated/α-hetero) is 1. The third-order valence-corrected chi connectivity index (χ3v) is 3.35. The van der Waals surface area contributed by atoms with Crippen molar-refractivity contribution < 1.29 is 4.79 Å². The summed E-state index contributed by atoms with van der Waals surface area (Å²) in [5, 5.41) is 0. The fraction of sp³-hybridized carbons (Fsp3) is 0.133. The highest BCUT2D eigenvalue weighted by Gasteiger charge is 2.32. The molecule has 2 aromatic carbocycles. The highest BCUT2D eigenvalue weighted by atomic mass is 35.6. The van der Waals surface area contributed by atoms with E-state index < -0.39 is 9.58 Å². The highest BCUT2D eigenvalue weighted by molar-refractivity contribution is 6.77. The minimum atomic E-state index is -1.92. The maximum absolute atomic E-state index is 11.9. The van der Waals surface area contributed by atoms with Crippen LogP contribution in [0.1, 0.15) is 15.9 Å². The number of carbonyl (C=O) groups excluding carboxylic acids is 1. The van der Waals surface area contributed by atoms with Crippen molar-refractivity contribution >= 4 is 40.6 Å². The molecule has 0 unspecified atom stereocenters. The van der Waals surface area contributed by atoms with E-state index in [1.54, 1.807) is 6.07 Å². The summed E-state index contributed by atoms with van der Waals surface area (Å²) >= 11 is 16.9. The Kier molecular flexibility index (Phi) is 4.19. The van der Waals surface area contributed by atoms with E-state index in [-0.39, 0.29) is 0 Å². The van der Waals surface area contributed by atoms with Crippen molar-refractivity contribution in [3.8, 4) is 11.1 Å². The van der Waals surface area contributed by atoms with E-state index in [2.05, 4.69) is 0 Å². The largest absolute Gasteiger partial charge is 0.289 e. The number of hydrogen-bond donors (Lipinski definition) is 0. The number of alkyl halides is 3. The normalized spacial score (nSPS) is 11.4. The Balaban J connectivity index is 2.41. The minimum Gasteiger partial charge on any atom is -0.289 e. The van der Waals surface area contributed by atoms with Gasteiger partial charge in [0.25, 0.3) is 3.79 Å². The van der Waals surface area contributed by atoms with E-state index >= 15 is 0 Å². The number of ketones is 1. The van der Waals surface area contributed by atoms with Crippen LogP contribution in [0.15, 0.2) is 48.5 Å². The molecule has 0 radical (unpaired) electrons. The van der Waals surface area contributed by atoms with E-state index in [0.717, 1.165) is 16.7 Å². The Bertz CT molecular complexity index is 601. The second-order valence-corrected chi connectivity index (χ2v) is 6.50. The fourth-order valence-corrected chi connectivity index (χ4v) is 2.19. The van der Waals surface area contributed by atoms with Crippen molar-refractivity contribution in [2.45, 2.75) is 10.7 Å². The zero-order chi connectivity index (χ0) is 14.0. The first-order chi connectivity index (χ1) is 8.89. The van der Waals surface area contributed by atoms with Gasteiger partial charge in [0, 0.05) is 5.56 Å². The van der Waals surface area contributed by atoms with Crippen molar-refractivity contribution in [1.82, 2.24) is 0 Å².